The number of hydrogen-bond donors (Lipinski definition) is 2. The molecule has 0 saturated carbocycles. The van der Waals surface area contributed by atoms with Crippen LogP contribution in [0, 0.1) is 0 Å². The smallest absolute Gasteiger partial charge is 0.313 e. The second-order valence-corrected chi connectivity index (χ2v) is 5.63. The topological polar surface area (TPSA) is 58.2 Å². The van der Waals surface area contributed by atoms with E-state index in [9.17, 15) is 9.59 Å². The minimum Gasteiger partial charge on any atom is -0.344 e. The van der Waals surface area contributed by atoms with Crippen molar-refractivity contribution in [1.82, 2.24) is 5.32 Å². The largest absolute Gasteiger partial charge is 0.344 e. The minimum atomic E-state index is -0.706. The molecule has 0 unspecified atom stereocenters. The zero-order chi connectivity index (χ0) is 15.2. The number of halogens is 2. The van der Waals surface area contributed by atoms with Crippen LogP contribution in [-0.4, -0.2) is 11.8 Å². The molecule has 0 fully saturated rings. The second kappa shape index (κ2) is 7.24. The predicted molar refractivity (Wildman–Crippen MR) is 86.1 cm³/mol. The third kappa shape index (κ3) is 4.88. The van der Waals surface area contributed by atoms with Crippen LogP contribution < -0.4 is 10.6 Å². The lowest BCUT2D eigenvalue weighted by molar-refractivity contribution is -0.136. The molecule has 0 spiro atoms. The lowest BCUT2D eigenvalue weighted by atomic mass is 10.2. The summed E-state index contributed by atoms with van der Waals surface area (Å²) < 4.78 is 0.821. The molecule has 0 aromatic heterocycles. The van der Waals surface area contributed by atoms with Crippen LogP contribution in [0.15, 0.2) is 53.0 Å². The zero-order valence-corrected chi connectivity index (χ0v) is 13.2. The van der Waals surface area contributed by atoms with E-state index in [-0.39, 0.29) is 6.54 Å². The highest BCUT2D eigenvalue weighted by molar-refractivity contribution is 9.10. The van der Waals surface area contributed by atoms with Crippen molar-refractivity contribution in [3.8, 4) is 0 Å². The molecule has 21 heavy (non-hydrogen) atoms. The van der Waals surface area contributed by atoms with Crippen LogP contribution in [0.3, 0.4) is 0 Å². The monoisotopic (exact) mass is 366 g/mol. The molecule has 2 aromatic carbocycles. The summed E-state index contributed by atoms with van der Waals surface area (Å²) in [6.45, 7) is 0.266. The van der Waals surface area contributed by atoms with Crippen molar-refractivity contribution < 1.29 is 9.59 Å². The molecule has 2 rings (SSSR count). The lowest BCUT2D eigenvalue weighted by Crippen LogP contribution is -2.34. The van der Waals surface area contributed by atoms with Gasteiger partial charge in [0.1, 0.15) is 0 Å². The summed E-state index contributed by atoms with van der Waals surface area (Å²) in [6.07, 6.45) is 0. The van der Waals surface area contributed by atoms with Gasteiger partial charge in [0, 0.05) is 21.7 Å². The molecule has 0 radical (unpaired) electrons. The highest BCUT2D eigenvalue weighted by atomic mass is 79.9. The Bertz CT molecular complexity index is 659. The first-order valence-electron chi connectivity index (χ1n) is 6.14. The number of anilines is 1. The van der Waals surface area contributed by atoms with Gasteiger partial charge in [-0.15, -0.1) is 0 Å². The van der Waals surface area contributed by atoms with Crippen molar-refractivity contribution in [2.45, 2.75) is 6.54 Å². The zero-order valence-electron chi connectivity index (χ0n) is 10.9. The number of benzene rings is 2. The Balaban J connectivity index is 1.88. The van der Waals surface area contributed by atoms with Gasteiger partial charge in [0.15, 0.2) is 0 Å². The second-order valence-electron chi connectivity index (χ2n) is 4.27. The number of hydrogen-bond acceptors (Lipinski definition) is 2. The van der Waals surface area contributed by atoms with Crippen molar-refractivity contribution in [3.63, 3.8) is 0 Å². The Morgan fingerprint density at radius 2 is 1.76 bits per heavy atom. The molecule has 0 atom stereocenters. The minimum absolute atomic E-state index is 0.266. The SMILES string of the molecule is O=C(NCc1ccc(Cl)cc1)C(=O)Nc1cccc(Br)c1. The first-order chi connectivity index (χ1) is 10.0. The standard InChI is InChI=1S/C15H12BrClN2O2/c16-11-2-1-3-13(8-11)19-15(21)14(20)18-9-10-4-6-12(17)7-5-10/h1-8H,9H2,(H,18,20)(H,19,21). The molecule has 4 nitrogen and oxygen atoms in total. The van der Waals surface area contributed by atoms with Crippen LogP contribution in [0.5, 0.6) is 0 Å². The van der Waals surface area contributed by atoms with Crippen LogP contribution in [0.2, 0.25) is 5.02 Å². The van der Waals surface area contributed by atoms with Gasteiger partial charge in [-0.1, -0.05) is 45.7 Å². The van der Waals surface area contributed by atoms with E-state index in [1.54, 1.807) is 42.5 Å². The Hall–Kier alpha value is -1.85. The molecule has 0 aliphatic carbocycles. The summed E-state index contributed by atoms with van der Waals surface area (Å²) in [5.74, 6) is -1.40. The predicted octanol–water partition coefficient (Wildman–Crippen LogP) is 3.36. The fraction of sp³-hybridized carbons (Fsp3) is 0.0667. The number of amides is 2. The quantitative estimate of drug-likeness (QED) is 0.817. The maximum Gasteiger partial charge on any atom is 0.313 e. The molecule has 108 valence electrons. The summed E-state index contributed by atoms with van der Waals surface area (Å²) in [6, 6.07) is 14.0. The Kier molecular flexibility index (Phi) is 5.36. The molecule has 2 amide bonds. The molecule has 0 heterocycles. The fourth-order valence-corrected chi connectivity index (χ4v) is 2.14. The summed E-state index contributed by atoms with van der Waals surface area (Å²) in [4.78, 5) is 23.5. The fourth-order valence-electron chi connectivity index (χ4n) is 1.62. The third-order valence-electron chi connectivity index (χ3n) is 2.66. The maximum atomic E-state index is 11.7. The Morgan fingerprint density at radius 1 is 1.05 bits per heavy atom. The average molecular weight is 368 g/mol. The van der Waals surface area contributed by atoms with Gasteiger partial charge in [0.25, 0.3) is 0 Å². The van der Waals surface area contributed by atoms with Crippen molar-refractivity contribution in [1.29, 1.82) is 0 Å². The van der Waals surface area contributed by atoms with Crippen molar-refractivity contribution in [2.24, 2.45) is 0 Å². The molecule has 2 N–H and O–H groups in total. The van der Waals surface area contributed by atoms with E-state index in [0.717, 1.165) is 10.0 Å². The number of nitrogens with one attached hydrogen (secondary N) is 2. The van der Waals surface area contributed by atoms with Crippen LogP contribution in [0.25, 0.3) is 0 Å². The lowest BCUT2D eigenvalue weighted by Gasteiger charge is -2.07. The Morgan fingerprint density at radius 3 is 2.43 bits per heavy atom. The summed E-state index contributed by atoms with van der Waals surface area (Å²) in [5, 5.41) is 5.70. The van der Waals surface area contributed by atoms with Gasteiger partial charge in [-0.3, -0.25) is 9.59 Å². The molecular formula is C15H12BrClN2O2. The number of carbonyl (C=O) groups excluding carboxylic acids is 2. The van der Waals surface area contributed by atoms with Crippen molar-refractivity contribution >= 4 is 45.0 Å². The molecule has 0 aliphatic heterocycles. The van der Waals surface area contributed by atoms with Gasteiger partial charge in [0.05, 0.1) is 0 Å². The van der Waals surface area contributed by atoms with E-state index in [2.05, 4.69) is 26.6 Å². The molecular weight excluding hydrogens is 356 g/mol. The van der Waals surface area contributed by atoms with E-state index in [1.807, 2.05) is 6.07 Å². The highest BCUT2D eigenvalue weighted by Gasteiger charge is 2.13. The van der Waals surface area contributed by atoms with E-state index < -0.39 is 11.8 Å². The van der Waals surface area contributed by atoms with Gasteiger partial charge in [-0.2, -0.15) is 0 Å². The van der Waals surface area contributed by atoms with Gasteiger partial charge in [-0.25, -0.2) is 0 Å². The van der Waals surface area contributed by atoms with Gasteiger partial charge in [-0.05, 0) is 35.9 Å². The van der Waals surface area contributed by atoms with Crippen LogP contribution in [0.4, 0.5) is 5.69 Å². The average Bonchev–Trinajstić information content (AvgIpc) is 2.46. The van der Waals surface area contributed by atoms with E-state index >= 15 is 0 Å². The molecule has 2 aromatic rings. The van der Waals surface area contributed by atoms with Crippen LogP contribution in [-0.2, 0) is 16.1 Å². The molecule has 0 aliphatic rings. The highest BCUT2D eigenvalue weighted by Crippen LogP contribution is 2.15. The summed E-state index contributed by atoms with van der Waals surface area (Å²) >= 11 is 9.07. The number of carbonyl (C=O) groups is 2. The molecule has 0 saturated heterocycles. The third-order valence-corrected chi connectivity index (χ3v) is 3.40. The van der Waals surface area contributed by atoms with Crippen molar-refractivity contribution in [3.05, 3.63) is 63.6 Å². The number of rotatable bonds is 3. The van der Waals surface area contributed by atoms with Crippen LogP contribution >= 0.6 is 27.5 Å². The maximum absolute atomic E-state index is 11.7. The van der Waals surface area contributed by atoms with E-state index in [1.165, 1.54) is 0 Å². The van der Waals surface area contributed by atoms with E-state index in [4.69, 9.17) is 11.6 Å². The summed E-state index contributed by atoms with van der Waals surface area (Å²) in [7, 11) is 0. The molecule has 6 heteroatoms. The van der Waals surface area contributed by atoms with Crippen molar-refractivity contribution in [2.75, 3.05) is 5.32 Å². The van der Waals surface area contributed by atoms with Crippen LogP contribution in [0.1, 0.15) is 5.56 Å². The molecule has 0 bridgehead atoms. The first-order valence-corrected chi connectivity index (χ1v) is 7.31. The normalized spacial score (nSPS) is 10.0. The van der Waals surface area contributed by atoms with Gasteiger partial charge in [0.2, 0.25) is 0 Å². The van der Waals surface area contributed by atoms with Gasteiger partial charge >= 0.3 is 11.8 Å². The summed E-state index contributed by atoms with van der Waals surface area (Å²) in [5.41, 5.74) is 1.42. The van der Waals surface area contributed by atoms with E-state index in [0.29, 0.717) is 10.7 Å². The Labute approximate surface area is 135 Å². The van der Waals surface area contributed by atoms with Gasteiger partial charge < -0.3 is 10.6 Å². The first kappa shape index (κ1) is 15.5.